The smallest absolute Gasteiger partial charge is 0.262 e. The number of rotatable bonds is 7. The summed E-state index contributed by atoms with van der Waals surface area (Å²) in [5, 5.41) is 8.96. The fourth-order valence-electron chi connectivity index (χ4n) is 3.99. The number of H-pyrrole nitrogens is 1. The van der Waals surface area contributed by atoms with E-state index in [0.29, 0.717) is 21.8 Å². The Balaban J connectivity index is 1.86. The highest BCUT2D eigenvalue weighted by Gasteiger charge is 2.22. The van der Waals surface area contributed by atoms with E-state index >= 15 is 0 Å². The van der Waals surface area contributed by atoms with Crippen molar-refractivity contribution in [2.24, 2.45) is 0 Å². The minimum atomic E-state index is -0.106. The molecule has 166 valence electrons. The summed E-state index contributed by atoms with van der Waals surface area (Å²) in [6, 6.07) is 12.7. The van der Waals surface area contributed by atoms with Gasteiger partial charge in [0.15, 0.2) is 4.77 Å². The van der Waals surface area contributed by atoms with Crippen molar-refractivity contribution < 1.29 is 9.53 Å². The van der Waals surface area contributed by atoms with Crippen LogP contribution in [0.5, 0.6) is 5.75 Å². The zero-order valence-corrected chi connectivity index (χ0v) is 19.9. The molecule has 0 aliphatic carbocycles. The number of ether oxygens (including phenoxy) is 1. The second-order valence-corrected chi connectivity index (χ2v) is 8.54. The molecule has 4 aromatic rings. The lowest BCUT2D eigenvalue weighted by atomic mass is 10.1. The largest absolute Gasteiger partial charge is 0.497 e. The van der Waals surface area contributed by atoms with Crippen LogP contribution in [0.25, 0.3) is 10.9 Å². The van der Waals surface area contributed by atoms with E-state index in [1.807, 2.05) is 29.7 Å². The maximum Gasteiger partial charge on any atom is 0.262 e. The molecule has 0 saturated heterocycles. The molecule has 0 fully saturated rings. The van der Waals surface area contributed by atoms with Gasteiger partial charge in [-0.3, -0.25) is 14.5 Å². The van der Waals surface area contributed by atoms with Crippen molar-refractivity contribution in [3.8, 4) is 5.75 Å². The first-order valence-electron chi connectivity index (χ1n) is 10.6. The number of aromatic nitrogens is 4. The van der Waals surface area contributed by atoms with E-state index in [1.165, 1.54) is 0 Å². The third-order valence-electron chi connectivity index (χ3n) is 5.74. The molecule has 1 N–H and O–H groups in total. The molecule has 2 aromatic carbocycles. The van der Waals surface area contributed by atoms with Crippen LogP contribution in [0.1, 0.15) is 47.2 Å². The summed E-state index contributed by atoms with van der Waals surface area (Å²) < 4.78 is 9.88. The van der Waals surface area contributed by atoms with Gasteiger partial charge < -0.3 is 9.30 Å². The van der Waals surface area contributed by atoms with Crippen molar-refractivity contribution in [1.29, 1.82) is 0 Å². The topological polar surface area (TPSA) is 64.8 Å². The molecule has 0 spiro atoms. The number of nitrogens with zero attached hydrogens (tertiary/aromatic N) is 3. The number of carbonyl (C=O) groups is 1. The van der Waals surface area contributed by atoms with Crippen LogP contribution in [0.15, 0.2) is 42.5 Å². The number of nitrogens with one attached hydrogen (secondary N) is 1. The summed E-state index contributed by atoms with van der Waals surface area (Å²) in [7, 11) is 1.64. The number of hydrogen-bond donors (Lipinski definition) is 1. The predicted octanol–water partition coefficient (Wildman–Crippen LogP) is 5.95. The normalized spacial score (nSPS) is 11.2. The summed E-state index contributed by atoms with van der Waals surface area (Å²) in [4.78, 5) is 13.5. The molecule has 0 saturated carbocycles. The van der Waals surface area contributed by atoms with Gasteiger partial charge in [0.25, 0.3) is 5.91 Å². The number of benzene rings is 2. The highest BCUT2D eigenvalue weighted by molar-refractivity contribution is 7.71. The number of fused-ring (bicyclic) bond motifs is 1. The van der Waals surface area contributed by atoms with Crippen LogP contribution in [-0.2, 0) is 13.0 Å². The molecular formula is C24H25ClN4O2S. The zero-order chi connectivity index (χ0) is 22.8. The maximum atomic E-state index is 13.5. The predicted molar refractivity (Wildman–Crippen MR) is 130 cm³/mol. The highest BCUT2D eigenvalue weighted by atomic mass is 35.5. The lowest BCUT2D eigenvalue weighted by molar-refractivity contribution is 0.0963. The second kappa shape index (κ2) is 9.30. The first-order valence-corrected chi connectivity index (χ1v) is 11.4. The summed E-state index contributed by atoms with van der Waals surface area (Å²) >= 11 is 11.5. The van der Waals surface area contributed by atoms with Crippen molar-refractivity contribution in [3.05, 3.63) is 74.9 Å². The summed E-state index contributed by atoms with van der Waals surface area (Å²) in [5.74, 6) is 1.48. The second-order valence-electron chi connectivity index (χ2n) is 7.72. The molecule has 0 aliphatic rings. The molecular weight excluding hydrogens is 444 g/mol. The maximum absolute atomic E-state index is 13.5. The molecule has 0 unspecified atom stereocenters. The Morgan fingerprint density at radius 2 is 1.97 bits per heavy atom. The third-order valence-corrected chi connectivity index (χ3v) is 6.31. The Hall–Kier alpha value is -2.90. The van der Waals surface area contributed by atoms with Gasteiger partial charge in [0.1, 0.15) is 11.6 Å². The van der Waals surface area contributed by atoms with E-state index in [0.717, 1.165) is 53.1 Å². The van der Waals surface area contributed by atoms with E-state index in [2.05, 4.69) is 17.1 Å². The number of hydrogen-bond acceptors (Lipinski definition) is 4. The van der Waals surface area contributed by atoms with Gasteiger partial charge in [-0.05, 0) is 73.6 Å². The first kappa shape index (κ1) is 22.3. The standard InChI is InChI=1S/C24H25ClN4O2S/c1-4-5-12-28-22(26-27-24(28)32)14-19-15(2)29(21-11-10-18(31-3)13-20(19)21)23(30)16-6-8-17(25)9-7-16/h6-11,13H,4-5,12,14H2,1-3H3,(H,27,32). The van der Waals surface area contributed by atoms with Gasteiger partial charge in [0, 0.05) is 34.6 Å². The summed E-state index contributed by atoms with van der Waals surface area (Å²) in [5.41, 5.74) is 3.28. The molecule has 6 nitrogen and oxygen atoms in total. The monoisotopic (exact) mass is 468 g/mol. The van der Waals surface area contributed by atoms with Crippen molar-refractivity contribution in [1.82, 2.24) is 19.3 Å². The lowest BCUT2D eigenvalue weighted by Gasteiger charge is -2.09. The highest BCUT2D eigenvalue weighted by Crippen LogP contribution is 2.32. The van der Waals surface area contributed by atoms with E-state index in [1.54, 1.807) is 35.9 Å². The Bertz CT molecular complexity index is 1330. The van der Waals surface area contributed by atoms with E-state index in [4.69, 9.17) is 28.6 Å². The van der Waals surface area contributed by atoms with Crippen LogP contribution < -0.4 is 4.74 Å². The molecule has 8 heteroatoms. The van der Waals surface area contributed by atoms with Crippen LogP contribution in [0.2, 0.25) is 5.02 Å². The third kappa shape index (κ3) is 4.10. The van der Waals surface area contributed by atoms with Gasteiger partial charge in [-0.1, -0.05) is 24.9 Å². The van der Waals surface area contributed by atoms with Crippen LogP contribution >= 0.6 is 23.8 Å². The minimum Gasteiger partial charge on any atom is -0.497 e. The minimum absolute atomic E-state index is 0.106. The van der Waals surface area contributed by atoms with Crippen molar-refractivity contribution in [2.45, 2.75) is 39.7 Å². The molecule has 2 aromatic heterocycles. The van der Waals surface area contributed by atoms with E-state index < -0.39 is 0 Å². The van der Waals surface area contributed by atoms with Gasteiger partial charge in [-0.25, -0.2) is 0 Å². The van der Waals surface area contributed by atoms with Gasteiger partial charge in [0.2, 0.25) is 0 Å². The summed E-state index contributed by atoms with van der Waals surface area (Å²) in [6.07, 6.45) is 2.63. The fourth-order valence-corrected chi connectivity index (χ4v) is 4.35. The van der Waals surface area contributed by atoms with E-state index in [-0.39, 0.29) is 5.91 Å². The van der Waals surface area contributed by atoms with E-state index in [9.17, 15) is 4.79 Å². The van der Waals surface area contributed by atoms with Gasteiger partial charge >= 0.3 is 0 Å². The SMILES string of the molecule is CCCCn1c(Cc2c(C)n(C(=O)c3ccc(Cl)cc3)c3ccc(OC)cc23)n[nH]c1=S. The van der Waals surface area contributed by atoms with Crippen LogP contribution in [0.4, 0.5) is 0 Å². The quantitative estimate of drug-likeness (QED) is 0.340. The van der Waals surface area contributed by atoms with Crippen LogP contribution in [0, 0.1) is 11.7 Å². The molecule has 0 atom stereocenters. The Kier molecular flexibility index (Phi) is 6.48. The number of unbranched alkanes of at least 4 members (excludes halogenated alkanes) is 1. The summed E-state index contributed by atoms with van der Waals surface area (Å²) in [6.45, 7) is 4.93. The van der Waals surface area contributed by atoms with Crippen molar-refractivity contribution >= 4 is 40.6 Å². The fraction of sp³-hybridized carbons (Fsp3) is 0.292. The Morgan fingerprint density at radius 1 is 1.22 bits per heavy atom. The molecule has 0 aliphatic heterocycles. The molecule has 32 heavy (non-hydrogen) atoms. The van der Waals surface area contributed by atoms with Crippen LogP contribution in [-0.4, -0.2) is 32.3 Å². The molecule has 2 heterocycles. The average molecular weight is 469 g/mol. The zero-order valence-electron chi connectivity index (χ0n) is 18.3. The lowest BCUT2D eigenvalue weighted by Crippen LogP contribution is -2.14. The van der Waals surface area contributed by atoms with Crippen molar-refractivity contribution in [2.75, 3.05) is 7.11 Å². The van der Waals surface area contributed by atoms with Gasteiger partial charge in [0.05, 0.1) is 12.6 Å². The average Bonchev–Trinajstić information content (AvgIpc) is 3.28. The molecule has 4 rings (SSSR count). The molecule has 0 radical (unpaired) electrons. The van der Waals surface area contributed by atoms with Gasteiger partial charge in [-0.15, -0.1) is 0 Å². The Morgan fingerprint density at radius 3 is 2.66 bits per heavy atom. The first-order chi connectivity index (χ1) is 15.4. The number of carbonyl (C=O) groups excluding carboxylic acids is 1. The molecule has 0 amide bonds. The number of aromatic amines is 1. The van der Waals surface area contributed by atoms with Crippen molar-refractivity contribution in [3.63, 3.8) is 0 Å². The number of methoxy groups -OCH3 is 1. The van der Waals surface area contributed by atoms with Crippen LogP contribution in [0.3, 0.4) is 0 Å². The Labute approximate surface area is 196 Å². The van der Waals surface area contributed by atoms with Gasteiger partial charge in [-0.2, -0.15) is 5.10 Å². The number of halogens is 1. The molecule has 0 bridgehead atoms.